The molecule has 262 valence electrons. The first-order valence-electron chi connectivity index (χ1n) is 18.4. The summed E-state index contributed by atoms with van der Waals surface area (Å²) in [5, 5.41) is 16.7. The van der Waals surface area contributed by atoms with Crippen LogP contribution in [-0.4, -0.2) is 65.0 Å². The summed E-state index contributed by atoms with van der Waals surface area (Å²) >= 11 is 0. The Bertz CT molecular complexity index is 1920. The van der Waals surface area contributed by atoms with Crippen molar-refractivity contribution in [2.75, 3.05) is 31.6 Å². The number of anilines is 1. The molecule has 0 aromatic heterocycles. The number of fused-ring (bicyclic) bond motifs is 2. The highest BCUT2D eigenvalue weighted by molar-refractivity contribution is 6.01. The lowest BCUT2D eigenvalue weighted by molar-refractivity contribution is -0.126. The first-order valence-corrected chi connectivity index (χ1v) is 18.4. The monoisotopic (exact) mass is 682 g/mol. The van der Waals surface area contributed by atoms with Gasteiger partial charge in [-0.25, -0.2) is 0 Å². The Morgan fingerprint density at radius 1 is 0.843 bits per heavy atom. The van der Waals surface area contributed by atoms with E-state index in [1.54, 1.807) is 4.90 Å². The molecule has 3 heterocycles. The van der Waals surface area contributed by atoms with Crippen LogP contribution >= 0.6 is 0 Å². The third-order valence-electron chi connectivity index (χ3n) is 11.3. The van der Waals surface area contributed by atoms with Gasteiger partial charge in [-0.05, 0) is 115 Å². The standard InChI is InChI=1S/C43H46N4O4/c1-28-7-18-40(42(49)44-28)47-27-32-25-34(11-16-39(32)43(47)50)45-33-19-21-46(22-20-33)23-24-51-36-13-8-30(9-14-36)41-37(29-5-3-2-4-6-29)15-10-31-26-35(48)12-17-38(31)41/h2-6,8-9,11-14,16-17,25-26,33,37,40-41,45,48H,1,7,10,15,18-24,27H2,(H,44,49)/t37-,40?,41+/m0/s1. The highest BCUT2D eigenvalue weighted by Gasteiger charge is 2.38. The lowest BCUT2D eigenvalue weighted by Crippen LogP contribution is -2.49. The molecule has 3 atom stereocenters. The van der Waals surface area contributed by atoms with Crippen LogP contribution in [0, 0.1) is 0 Å². The van der Waals surface area contributed by atoms with Gasteiger partial charge >= 0.3 is 0 Å². The number of phenolic OH excluding ortho intramolecular Hbond substituents is 1. The van der Waals surface area contributed by atoms with Crippen molar-refractivity contribution in [2.24, 2.45) is 0 Å². The SMILES string of the molecule is C=C1CCC(N2Cc3cc(NC4CCN(CCOc5ccc([C@H]6c7ccc(O)cc7CC[C@H]6c6ccccc6)cc5)CC4)ccc3C2=O)C(=O)N1. The number of aromatic hydroxyl groups is 1. The molecular weight excluding hydrogens is 636 g/mol. The molecule has 0 spiro atoms. The van der Waals surface area contributed by atoms with E-state index in [2.05, 4.69) is 88.8 Å². The highest BCUT2D eigenvalue weighted by Crippen LogP contribution is 2.47. The van der Waals surface area contributed by atoms with Gasteiger partial charge in [0.15, 0.2) is 0 Å². The van der Waals surface area contributed by atoms with Gasteiger partial charge in [0.05, 0.1) is 0 Å². The van der Waals surface area contributed by atoms with Gasteiger partial charge in [-0.3, -0.25) is 14.5 Å². The van der Waals surface area contributed by atoms with Crippen LogP contribution < -0.4 is 15.4 Å². The van der Waals surface area contributed by atoms with E-state index < -0.39 is 6.04 Å². The summed E-state index contributed by atoms with van der Waals surface area (Å²) in [5.74, 6) is 1.62. The van der Waals surface area contributed by atoms with Gasteiger partial charge in [0.25, 0.3) is 5.91 Å². The minimum atomic E-state index is -0.441. The molecule has 4 aliphatic rings. The normalized spacial score (nSPS) is 22.3. The number of carbonyl (C=O) groups excluding carboxylic acids is 2. The van der Waals surface area contributed by atoms with Crippen molar-refractivity contribution in [3.8, 4) is 11.5 Å². The van der Waals surface area contributed by atoms with E-state index in [0.29, 0.717) is 49.3 Å². The van der Waals surface area contributed by atoms with Crippen molar-refractivity contribution < 1.29 is 19.4 Å². The first kappa shape index (κ1) is 33.1. The number of ether oxygens (including phenoxy) is 1. The topological polar surface area (TPSA) is 94.1 Å². The molecule has 3 aliphatic heterocycles. The lowest BCUT2D eigenvalue weighted by Gasteiger charge is -2.35. The summed E-state index contributed by atoms with van der Waals surface area (Å²) in [6, 6.07) is 31.2. The summed E-state index contributed by atoms with van der Waals surface area (Å²) in [4.78, 5) is 29.8. The zero-order chi connectivity index (χ0) is 34.9. The van der Waals surface area contributed by atoms with E-state index in [1.165, 1.54) is 22.3 Å². The summed E-state index contributed by atoms with van der Waals surface area (Å²) in [7, 11) is 0. The fourth-order valence-electron chi connectivity index (χ4n) is 8.62. The third-order valence-corrected chi connectivity index (χ3v) is 11.3. The number of rotatable bonds is 9. The number of likely N-dealkylation sites (tertiary alicyclic amines) is 1. The minimum absolute atomic E-state index is 0.0655. The molecule has 1 aliphatic carbocycles. The molecule has 0 bridgehead atoms. The molecule has 8 rings (SSSR count). The number of aryl methyl sites for hydroxylation is 1. The van der Waals surface area contributed by atoms with Gasteiger partial charge in [0.1, 0.15) is 24.1 Å². The number of benzene rings is 4. The Morgan fingerprint density at radius 2 is 1.65 bits per heavy atom. The zero-order valence-corrected chi connectivity index (χ0v) is 29.0. The number of nitrogens with zero attached hydrogens (tertiary/aromatic N) is 2. The van der Waals surface area contributed by atoms with Gasteiger partial charge in [-0.2, -0.15) is 0 Å². The van der Waals surface area contributed by atoms with Gasteiger partial charge in [0, 0.05) is 55.1 Å². The molecule has 8 nitrogen and oxygen atoms in total. The maximum Gasteiger partial charge on any atom is 0.255 e. The van der Waals surface area contributed by atoms with Crippen molar-refractivity contribution in [2.45, 2.75) is 69.0 Å². The number of amides is 2. The smallest absolute Gasteiger partial charge is 0.255 e. The number of hydrogen-bond donors (Lipinski definition) is 3. The Morgan fingerprint density at radius 3 is 2.43 bits per heavy atom. The minimum Gasteiger partial charge on any atom is -0.508 e. The number of nitrogens with one attached hydrogen (secondary N) is 2. The van der Waals surface area contributed by atoms with E-state index in [4.69, 9.17) is 4.74 Å². The average molecular weight is 683 g/mol. The fourth-order valence-corrected chi connectivity index (χ4v) is 8.62. The maximum absolute atomic E-state index is 13.1. The molecule has 0 saturated carbocycles. The fraction of sp³-hybridized carbons (Fsp3) is 0.349. The Labute approximate surface area is 300 Å². The van der Waals surface area contributed by atoms with E-state index in [0.717, 1.165) is 68.0 Å². The second kappa shape index (κ2) is 14.3. The van der Waals surface area contributed by atoms with Crippen LogP contribution in [0.25, 0.3) is 0 Å². The molecule has 0 radical (unpaired) electrons. The van der Waals surface area contributed by atoms with Crippen molar-refractivity contribution in [3.63, 3.8) is 0 Å². The highest BCUT2D eigenvalue weighted by atomic mass is 16.5. The Hall–Kier alpha value is -5.08. The predicted molar refractivity (Wildman–Crippen MR) is 199 cm³/mol. The van der Waals surface area contributed by atoms with Crippen molar-refractivity contribution in [1.82, 2.24) is 15.1 Å². The van der Waals surface area contributed by atoms with Gasteiger partial charge in [-0.1, -0.05) is 55.1 Å². The number of carbonyl (C=O) groups is 2. The van der Waals surface area contributed by atoms with Crippen LogP contribution in [0.4, 0.5) is 5.69 Å². The number of hydrogen-bond acceptors (Lipinski definition) is 6. The molecule has 1 unspecified atom stereocenters. The van der Waals surface area contributed by atoms with E-state index in [1.807, 2.05) is 24.3 Å². The molecule has 51 heavy (non-hydrogen) atoms. The molecule has 3 N–H and O–H groups in total. The largest absolute Gasteiger partial charge is 0.508 e. The average Bonchev–Trinajstić information content (AvgIpc) is 3.47. The number of phenols is 1. The molecule has 2 amide bonds. The van der Waals surface area contributed by atoms with Crippen LogP contribution in [0.15, 0.2) is 103 Å². The van der Waals surface area contributed by atoms with E-state index in [9.17, 15) is 14.7 Å². The predicted octanol–water partition coefficient (Wildman–Crippen LogP) is 6.96. The van der Waals surface area contributed by atoms with Crippen LogP contribution in [-0.2, 0) is 17.8 Å². The summed E-state index contributed by atoms with van der Waals surface area (Å²) in [5.41, 5.74) is 8.58. The molecule has 4 aromatic carbocycles. The summed E-state index contributed by atoms with van der Waals surface area (Å²) in [6.07, 6.45) is 5.38. The second-order valence-corrected chi connectivity index (χ2v) is 14.5. The van der Waals surface area contributed by atoms with E-state index >= 15 is 0 Å². The molecule has 4 aromatic rings. The van der Waals surface area contributed by atoms with Crippen molar-refractivity contribution in [3.05, 3.63) is 137 Å². The second-order valence-electron chi connectivity index (χ2n) is 14.5. The number of allylic oxidation sites excluding steroid dienone is 1. The summed E-state index contributed by atoms with van der Waals surface area (Å²) in [6.45, 7) is 7.83. The Kier molecular flexibility index (Phi) is 9.26. The van der Waals surface area contributed by atoms with Crippen LogP contribution in [0.5, 0.6) is 11.5 Å². The van der Waals surface area contributed by atoms with Crippen LogP contribution in [0.2, 0.25) is 0 Å². The van der Waals surface area contributed by atoms with Gasteiger partial charge in [0.2, 0.25) is 5.91 Å². The summed E-state index contributed by atoms with van der Waals surface area (Å²) < 4.78 is 6.23. The molecule has 2 saturated heterocycles. The van der Waals surface area contributed by atoms with E-state index in [-0.39, 0.29) is 17.7 Å². The van der Waals surface area contributed by atoms with Crippen molar-refractivity contribution >= 4 is 17.5 Å². The van der Waals surface area contributed by atoms with Gasteiger partial charge in [-0.15, -0.1) is 0 Å². The maximum atomic E-state index is 13.1. The third kappa shape index (κ3) is 6.97. The molecular formula is C43H46N4O4. The van der Waals surface area contributed by atoms with Crippen LogP contribution in [0.1, 0.15) is 82.1 Å². The quantitative estimate of drug-likeness (QED) is 0.177. The molecule has 2 fully saturated rings. The van der Waals surface area contributed by atoms with Gasteiger partial charge < -0.3 is 25.4 Å². The Balaban J connectivity index is 0.824. The molecule has 8 heteroatoms. The first-order chi connectivity index (χ1) is 24.9. The van der Waals surface area contributed by atoms with Crippen LogP contribution in [0.3, 0.4) is 0 Å². The number of piperidine rings is 2. The zero-order valence-electron chi connectivity index (χ0n) is 29.0. The lowest BCUT2D eigenvalue weighted by atomic mass is 9.69. The van der Waals surface area contributed by atoms with Crippen molar-refractivity contribution in [1.29, 1.82) is 0 Å².